The molecular formula is C30H32F2N8O5S. The van der Waals surface area contributed by atoms with Crippen LogP contribution in [0.3, 0.4) is 0 Å². The van der Waals surface area contributed by atoms with Crippen LogP contribution in [0.5, 0.6) is 5.75 Å². The largest absolute Gasteiger partial charge is 0.444 e. The Kier molecular flexibility index (Phi) is 9.18. The minimum absolute atomic E-state index is 0.0283. The zero-order chi connectivity index (χ0) is 33.2. The van der Waals surface area contributed by atoms with E-state index in [4.69, 9.17) is 14.9 Å². The third kappa shape index (κ3) is 7.06. The van der Waals surface area contributed by atoms with E-state index >= 15 is 0 Å². The number of hydrogen-bond donors (Lipinski definition) is 3. The number of alkyl halides is 2. The Balaban J connectivity index is 1.38. The summed E-state index contributed by atoms with van der Waals surface area (Å²) in [7, 11) is 1.56. The van der Waals surface area contributed by atoms with Crippen LogP contribution >= 0.6 is 11.3 Å². The number of aromatic nitrogens is 3. The quantitative estimate of drug-likeness (QED) is 0.240. The number of thiophene rings is 1. The molecule has 242 valence electrons. The van der Waals surface area contributed by atoms with Gasteiger partial charge in [-0.3, -0.25) is 15.0 Å². The highest BCUT2D eigenvalue weighted by Gasteiger charge is 2.29. The summed E-state index contributed by atoms with van der Waals surface area (Å²) in [6.07, 6.45) is 5.36. The summed E-state index contributed by atoms with van der Waals surface area (Å²) in [6, 6.07) is 6.05. The van der Waals surface area contributed by atoms with E-state index in [1.165, 1.54) is 35.2 Å². The van der Waals surface area contributed by atoms with Crippen molar-refractivity contribution in [3.05, 3.63) is 70.8 Å². The molecule has 0 bridgehead atoms. The van der Waals surface area contributed by atoms with Crippen molar-refractivity contribution in [2.45, 2.75) is 33.0 Å². The average molecular weight is 655 g/mol. The molecule has 3 amide bonds. The highest BCUT2D eigenvalue weighted by Crippen LogP contribution is 2.35. The van der Waals surface area contributed by atoms with Gasteiger partial charge in [-0.25, -0.2) is 14.3 Å². The topological polar surface area (TPSA) is 154 Å². The standard InChI is InChI=1S/C30H32F2N8O5S/c1-30(2,3)45-29(43)39-10-8-38(9-11-39)27(42)23-13-17-12-21(44-28(31)32)18(14-22(17)46-23)24(33)20(16-34-4)37-26(41)19-15-36-40-7-5-6-35-25(19)40/h5-7,12-16,28,33-34H,8-11H2,1-4H3,(H,37,41)/b20-16+,33-24?. The van der Waals surface area contributed by atoms with Gasteiger partial charge < -0.3 is 29.9 Å². The Hall–Kier alpha value is -5.12. The third-order valence-corrected chi connectivity index (χ3v) is 7.95. The van der Waals surface area contributed by atoms with Crippen LogP contribution in [0.4, 0.5) is 13.6 Å². The number of nitrogens with one attached hydrogen (secondary N) is 3. The molecule has 16 heteroatoms. The zero-order valence-electron chi connectivity index (χ0n) is 25.5. The van der Waals surface area contributed by atoms with Gasteiger partial charge in [0.2, 0.25) is 0 Å². The lowest BCUT2D eigenvalue weighted by atomic mass is 10.0. The molecule has 3 aromatic heterocycles. The van der Waals surface area contributed by atoms with E-state index in [2.05, 4.69) is 20.7 Å². The van der Waals surface area contributed by atoms with Crippen LogP contribution in [0.2, 0.25) is 0 Å². The highest BCUT2D eigenvalue weighted by molar-refractivity contribution is 7.20. The first-order valence-electron chi connectivity index (χ1n) is 14.2. The van der Waals surface area contributed by atoms with Gasteiger partial charge in [-0.15, -0.1) is 11.3 Å². The van der Waals surface area contributed by atoms with E-state index in [1.54, 1.807) is 55.9 Å². The van der Waals surface area contributed by atoms with Crippen LogP contribution in [-0.2, 0) is 4.74 Å². The monoisotopic (exact) mass is 654 g/mol. The first-order valence-corrected chi connectivity index (χ1v) is 15.0. The minimum atomic E-state index is -3.19. The number of amides is 3. The summed E-state index contributed by atoms with van der Waals surface area (Å²) in [5, 5.41) is 18.9. The molecule has 0 aliphatic carbocycles. The summed E-state index contributed by atoms with van der Waals surface area (Å²) in [6.45, 7) is 3.35. The molecule has 0 unspecified atom stereocenters. The summed E-state index contributed by atoms with van der Waals surface area (Å²) in [5.41, 5.74) is -0.574. The van der Waals surface area contributed by atoms with Crippen LogP contribution in [0, 0.1) is 5.41 Å². The molecule has 3 N–H and O–H groups in total. The maximum Gasteiger partial charge on any atom is 0.410 e. The molecule has 0 saturated carbocycles. The average Bonchev–Trinajstić information content (AvgIpc) is 3.63. The van der Waals surface area contributed by atoms with Crippen LogP contribution in [0.15, 0.2) is 54.8 Å². The first kappa shape index (κ1) is 32.3. The number of ether oxygens (including phenoxy) is 2. The number of carbonyl (C=O) groups excluding carboxylic acids is 3. The van der Waals surface area contributed by atoms with Gasteiger partial charge in [0.15, 0.2) is 5.65 Å². The lowest BCUT2D eigenvalue weighted by Crippen LogP contribution is -2.51. The van der Waals surface area contributed by atoms with Crippen molar-refractivity contribution >= 4 is 50.7 Å². The van der Waals surface area contributed by atoms with Gasteiger partial charge in [-0.05, 0) is 50.4 Å². The first-order chi connectivity index (χ1) is 21.8. The van der Waals surface area contributed by atoms with Gasteiger partial charge in [0.05, 0.1) is 22.5 Å². The van der Waals surface area contributed by atoms with E-state index in [-0.39, 0.29) is 34.2 Å². The Labute approximate surface area is 266 Å². The van der Waals surface area contributed by atoms with Crippen molar-refractivity contribution in [3.8, 4) is 5.75 Å². The smallest absolute Gasteiger partial charge is 0.410 e. The molecule has 0 radical (unpaired) electrons. The number of fused-ring (bicyclic) bond motifs is 2. The fraction of sp³-hybridized carbons (Fsp3) is 0.333. The molecule has 1 aliphatic heterocycles. The van der Waals surface area contributed by atoms with Crippen LogP contribution < -0.4 is 15.4 Å². The molecule has 46 heavy (non-hydrogen) atoms. The maximum absolute atomic E-state index is 13.5. The van der Waals surface area contributed by atoms with Crippen LogP contribution in [0.25, 0.3) is 15.7 Å². The van der Waals surface area contributed by atoms with E-state index in [1.807, 2.05) is 0 Å². The summed E-state index contributed by atoms with van der Waals surface area (Å²) >= 11 is 1.13. The molecule has 5 rings (SSSR count). The number of rotatable bonds is 8. The summed E-state index contributed by atoms with van der Waals surface area (Å²) in [5.74, 6) is -1.19. The normalized spacial score (nSPS) is 14.1. The zero-order valence-corrected chi connectivity index (χ0v) is 26.3. The van der Waals surface area contributed by atoms with E-state index in [0.29, 0.717) is 46.8 Å². The maximum atomic E-state index is 13.5. The molecule has 4 aromatic rings. The molecule has 4 heterocycles. The minimum Gasteiger partial charge on any atom is -0.444 e. The molecule has 13 nitrogen and oxygen atoms in total. The van der Waals surface area contributed by atoms with Crippen molar-refractivity contribution in [2.75, 3.05) is 33.2 Å². The SMILES string of the molecule is CN/C=C(/NC(=O)c1cnn2cccnc12)C(=N)c1cc2sc(C(=O)N3CCN(C(=O)OC(C)(C)C)CC3)cc2cc1OC(F)F. The Bertz CT molecular complexity index is 1840. The Morgan fingerprint density at radius 1 is 1.09 bits per heavy atom. The van der Waals surface area contributed by atoms with E-state index in [0.717, 1.165) is 11.3 Å². The van der Waals surface area contributed by atoms with Crippen molar-refractivity contribution in [2.24, 2.45) is 0 Å². The number of allylic oxidation sites excluding steroid dienone is 1. The molecular weight excluding hydrogens is 622 g/mol. The summed E-state index contributed by atoms with van der Waals surface area (Å²) in [4.78, 5) is 46.7. The molecule has 1 aromatic carbocycles. The second kappa shape index (κ2) is 13.1. The number of benzene rings is 1. The number of halogens is 2. The summed E-state index contributed by atoms with van der Waals surface area (Å²) < 4.78 is 39.2. The fourth-order valence-electron chi connectivity index (χ4n) is 4.77. The Morgan fingerprint density at radius 2 is 1.80 bits per heavy atom. The Morgan fingerprint density at radius 3 is 2.48 bits per heavy atom. The van der Waals surface area contributed by atoms with Gasteiger partial charge >= 0.3 is 12.7 Å². The lowest BCUT2D eigenvalue weighted by Gasteiger charge is -2.35. The molecule has 0 spiro atoms. The second-order valence-corrected chi connectivity index (χ2v) is 12.3. The van der Waals surface area contributed by atoms with Crippen LogP contribution in [0.1, 0.15) is 46.4 Å². The van der Waals surface area contributed by atoms with Crippen molar-refractivity contribution in [1.82, 2.24) is 35.0 Å². The van der Waals surface area contributed by atoms with Gasteiger partial charge in [0.1, 0.15) is 16.9 Å². The fourth-order valence-corrected chi connectivity index (χ4v) is 5.82. The van der Waals surface area contributed by atoms with E-state index in [9.17, 15) is 23.2 Å². The van der Waals surface area contributed by atoms with Gasteiger partial charge in [0, 0.05) is 62.1 Å². The second-order valence-electron chi connectivity index (χ2n) is 11.3. The highest BCUT2D eigenvalue weighted by atomic mass is 32.1. The molecule has 1 aliphatic rings. The predicted octanol–water partition coefficient (Wildman–Crippen LogP) is 4.10. The molecule has 0 atom stereocenters. The van der Waals surface area contributed by atoms with Gasteiger partial charge in [-0.2, -0.15) is 13.9 Å². The van der Waals surface area contributed by atoms with Crippen molar-refractivity contribution < 1.29 is 32.6 Å². The number of nitrogens with zero attached hydrogens (tertiary/aromatic N) is 5. The van der Waals surface area contributed by atoms with Gasteiger partial charge in [-0.1, -0.05) is 0 Å². The van der Waals surface area contributed by atoms with Gasteiger partial charge in [0.25, 0.3) is 11.8 Å². The van der Waals surface area contributed by atoms with E-state index < -0.39 is 24.2 Å². The lowest BCUT2D eigenvalue weighted by molar-refractivity contribution is -0.0498. The number of hydrogen-bond acceptors (Lipinski definition) is 10. The molecule has 1 fully saturated rings. The third-order valence-electron chi connectivity index (χ3n) is 6.86. The molecule has 1 saturated heterocycles. The van der Waals surface area contributed by atoms with Crippen LogP contribution in [-0.4, -0.2) is 93.5 Å². The van der Waals surface area contributed by atoms with Crippen molar-refractivity contribution in [3.63, 3.8) is 0 Å². The number of piperazine rings is 1. The van der Waals surface area contributed by atoms with Crippen molar-refractivity contribution in [1.29, 1.82) is 5.41 Å². The number of carbonyl (C=O) groups is 3. The predicted molar refractivity (Wildman–Crippen MR) is 167 cm³/mol.